The van der Waals surface area contributed by atoms with Gasteiger partial charge in [0.2, 0.25) is 5.88 Å². The van der Waals surface area contributed by atoms with Crippen molar-refractivity contribution in [2.45, 2.75) is 19.9 Å². The number of guanidine groups is 1. The smallest absolute Gasteiger partial charge is 0.213 e. The van der Waals surface area contributed by atoms with E-state index in [1.165, 1.54) is 0 Å². The maximum absolute atomic E-state index is 5.10. The fraction of sp³-hybridized carbons (Fsp3) is 0.571. The van der Waals surface area contributed by atoms with Gasteiger partial charge in [0.1, 0.15) is 0 Å². The van der Waals surface area contributed by atoms with Crippen molar-refractivity contribution in [1.29, 1.82) is 0 Å². The lowest BCUT2D eigenvalue weighted by Crippen LogP contribution is -2.38. The van der Waals surface area contributed by atoms with E-state index in [1.54, 1.807) is 20.4 Å². The quantitative estimate of drug-likeness (QED) is 0.425. The molecule has 0 spiro atoms. The number of hydrogen-bond acceptors (Lipinski definition) is 4. The van der Waals surface area contributed by atoms with E-state index in [0.717, 1.165) is 37.6 Å². The van der Waals surface area contributed by atoms with Crippen molar-refractivity contribution in [2.75, 3.05) is 33.9 Å². The second kappa shape index (κ2) is 10.0. The first kappa shape index (κ1) is 16.2. The minimum absolute atomic E-state index is 0.582. The zero-order chi connectivity index (χ0) is 14.6. The predicted octanol–water partition coefficient (Wildman–Crippen LogP) is 1.18. The van der Waals surface area contributed by atoms with E-state index in [9.17, 15) is 0 Å². The van der Waals surface area contributed by atoms with Crippen LogP contribution in [0.25, 0.3) is 0 Å². The van der Waals surface area contributed by atoms with Crippen LogP contribution >= 0.6 is 0 Å². The van der Waals surface area contributed by atoms with Gasteiger partial charge in [0.25, 0.3) is 0 Å². The number of nitrogens with one attached hydrogen (secondary N) is 2. The lowest BCUT2D eigenvalue weighted by atomic mass is 10.3. The molecule has 6 heteroatoms. The summed E-state index contributed by atoms with van der Waals surface area (Å²) < 4.78 is 10.1. The van der Waals surface area contributed by atoms with Crippen LogP contribution in [0.15, 0.2) is 23.3 Å². The summed E-state index contributed by atoms with van der Waals surface area (Å²) in [5, 5.41) is 6.48. The van der Waals surface area contributed by atoms with Crippen LogP contribution in [0.3, 0.4) is 0 Å². The van der Waals surface area contributed by atoms with E-state index in [4.69, 9.17) is 9.47 Å². The number of pyridine rings is 1. The third-order valence-corrected chi connectivity index (χ3v) is 2.59. The molecule has 0 aliphatic rings. The molecule has 0 amide bonds. The number of rotatable bonds is 8. The van der Waals surface area contributed by atoms with E-state index < -0.39 is 0 Å². The second-order valence-electron chi connectivity index (χ2n) is 4.17. The fourth-order valence-electron chi connectivity index (χ4n) is 1.60. The lowest BCUT2D eigenvalue weighted by molar-refractivity contribution is 0.195. The van der Waals surface area contributed by atoms with E-state index in [0.29, 0.717) is 12.4 Å². The van der Waals surface area contributed by atoms with Crippen LogP contribution < -0.4 is 15.4 Å². The number of nitrogens with zero attached hydrogens (tertiary/aromatic N) is 2. The molecule has 0 aliphatic heterocycles. The Balaban J connectivity index is 2.52. The van der Waals surface area contributed by atoms with Crippen LogP contribution in [0.1, 0.15) is 18.9 Å². The third kappa shape index (κ3) is 6.38. The van der Waals surface area contributed by atoms with Gasteiger partial charge in [-0.05, 0) is 25.0 Å². The molecule has 0 fully saturated rings. The first-order valence-electron chi connectivity index (χ1n) is 6.80. The topological polar surface area (TPSA) is 67.8 Å². The van der Waals surface area contributed by atoms with Gasteiger partial charge in [0.15, 0.2) is 5.96 Å². The molecule has 0 unspecified atom stereocenters. The maximum Gasteiger partial charge on any atom is 0.213 e. The summed E-state index contributed by atoms with van der Waals surface area (Å²) in [7, 11) is 3.31. The van der Waals surface area contributed by atoms with Crippen molar-refractivity contribution in [1.82, 2.24) is 15.6 Å². The highest BCUT2D eigenvalue weighted by atomic mass is 16.5. The summed E-state index contributed by atoms with van der Waals surface area (Å²) in [6.07, 6.45) is 2.67. The Labute approximate surface area is 120 Å². The Hall–Kier alpha value is -1.82. The van der Waals surface area contributed by atoms with Crippen molar-refractivity contribution >= 4 is 5.96 Å². The van der Waals surface area contributed by atoms with Crippen LogP contribution in [0.5, 0.6) is 5.88 Å². The third-order valence-electron chi connectivity index (χ3n) is 2.59. The molecule has 1 rings (SSSR count). The zero-order valence-corrected chi connectivity index (χ0v) is 12.5. The Bertz CT molecular complexity index is 410. The fourth-order valence-corrected chi connectivity index (χ4v) is 1.60. The molecule has 0 saturated heterocycles. The molecule has 112 valence electrons. The molecule has 0 atom stereocenters. The van der Waals surface area contributed by atoms with Crippen LogP contribution in [0.4, 0.5) is 0 Å². The Morgan fingerprint density at radius 2 is 2.20 bits per heavy atom. The van der Waals surface area contributed by atoms with Gasteiger partial charge in [-0.1, -0.05) is 0 Å². The Morgan fingerprint density at radius 1 is 1.35 bits per heavy atom. The largest absolute Gasteiger partial charge is 0.481 e. The molecule has 0 aromatic carbocycles. The van der Waals surface area contributed by atoms with Gasteiger partial charge < -0.3 is 20.1 Å². The number of aliphatic imine (C=N–C) groups is 1. The van der Waals surface area contributed by atoms with Crippen LogP contribution in [-0.2, 0) is 11.3 Å². The maximum atomic E-state index is 5.10. The molecule has 0 aliphatic carbocycles. The molecule has 2 N–H and O–H groups in total. The average molecular weight is 280 g/mol. The number of aromatic nitrogens is 1. The van der Waals surface area contributed by atoms with Gasteiger partial charge >= 0.3 is 0 Å². The van der Waals surface area contributed by atoms with Crippen molar-refractivity contribution in [3.63, 3.8) is 0 Å². The minimum Gasteiger partial charge on any atom is -0.481 e. The molecule has 0 saturated carbocycles. The van der Waals surface area contributed by atoms with E-state index in [2.05, 4.69) is 20.6 Å². The summed E-state index contributed by atoms with van der Waals surface area (Å²) in [4.78, 5) is 8.60. The molecule has 0 radical (unpaired) electrons. The normalized spacial score (nSPS) is 11.2. The molecular formula is C14H24N4O2. The number of hydrogen-bond donors (Lipinski definition) is 2. The molecular weight excluding hydrogens is 256 g/mol. The molecule has 20 heavy (non-hydrogen) atoms. The average Bonchev–Trinajstić information content (AvgIpc) is 2.49. The highest BCUT2D eigenvalue weighted by molar-refractivity contribution is 5.79. The first-order chi connectivity index (χ1) is 9.80. The van der Waals surface area contributed by atoms with Gasteiger partial charge in [0, 0.05) is 39.1 Å². The Kier molecular flexibility index (Phi) is 8.14. The van der Waals surface area contributed by atoms with Gasteiger partial charge in [0.05, 0.1) is 13.7 Å². The molecule has 1 aromatic rings. The monoisotopic (exact) mass is 280 g/mol. The molecule has 1 heterocycles. The standard InChI is InChI=1S/C14H24N4O2/c1-4-15-14(17-7-5-9-19-2)18-11-12-6-8-16-13(10-12)20-3/h6,8,10H,4-5,7,9,11H2,1-3H3,(H2,15,17,18). The van der Waals surface area contributed by atoms with Crippen LogP contribution in [-0.4, -0.2) is 44.9 Å². The summed E-state index contributed by atoms with van der Waals surface area (Å²) in [6.45, 7) is 5.03. The van der Waals surface area contributed by atoms with Gasteiger partial charge in [-0.25, -0.2) is 9.98 Å². The van der Waals surface area contributed by atoms with Crippen LogP contribution in [0, 0.1) is 0 Å². The van der Waals surface area contributed by atoms with Crippen molar-refractivity contribution in [3.8, 4) is 5.88 Å². The van der Waals surface area contributed by atoms with Crippen molar-refractivity contribution < 1.29 is 9.47 Å². The van der Waals surface area contributed by atoms with Gasteiger partial charge in [-0.2, -0.15) is 0 Å². The molecule has 0 bridgehead atoms. The lowest BCUT2D eigenvalue weighted by Gasteiger charge is -2.11. The SMILES string of the molecule is CCNC(=NCc1ccnc(OC)c1)NCCCOC. The van der Waals surface area contributed by atoms with Crippen molar-refractivity contribution in [3.05, 3.63) is 23.9 Å². The summed E-state index contributed by atoms with van der Waals surface area (Å²) >= 11 is 0. The summed E-state index contributed by atoms with van der Waals surface area (Å²) in [6, 6.07) is 3.82. The minimum atomic E-state index is 0.582. The van der Waals surface area contributed by atoms with E-state index in [1.807, 2.05) is 19.1 Å². The highest BCUT2D eigenvalue weighted by Gasteiger charge is 1.99. The molecule has 1 aromatic heterocycles. The zero-order valence-electron chi connectivity index (χ0n) is 12.5. The summed E-state index contributed by atoms with van der Waals surface area (Å²) in [5.41, 5.74) is 1.06. The van der Waals surface area contributed by atoms with Crippen LogP contribution in [0.2, 0.25) is 0 Å². The predicted molar refractivity (Wildman–Crippen MR) is 80.1 cm³/mol. The van der Waals surface area contributed by atoms with Gasteiger partial charge in [-0.15, -0.1) is 0 Å². The van der Waals surface area contributed by atoms with E-state index in [-0.39, 0.29) is 0 Å². The number of methoxy groups -OCH3 is 2. The number of ether oxygens (including phenoxy) is 2. The highest BCUT2D eigenvalue weighted by Crippen LogP contribution is 2.09. The molecule has 6 nitrogen and oxygen atoms in total. The Morgan fingerprint density at radius 3 is 2.90 bits per heavy atom. The van der Waals surface area contributed by atoms with E-state index >= 15 is 0 Å². The second-order valence-corrected chi connectivity index (χ2v) is 4.17. The van der Waals surface area contributed by atoms with Gasteiger partial charge in [-0.3, -0.25) is 0 Å². The summed E-state index contributed by atoms with van der Waals surface area (Å²) in [5.74, 6) is 1.41. The first-order valence-corrected chi connectivity index (χ1v) is 6.80. The van der Waals surface area contributed by atoms with Crippen molar-refractivity contribution in [2.24, 2.45) is 4.99 Å².